The van der Waals surface area contributed by atoms with Gasteiger partial charge in [-0.15, -0.1) is 21.5 Å². The number of thiophene rings is 1. The smallest absolute Gasteiger partial charge is 0.314 e. The van der Waals surface area contributed by atoms with E-state index < -0.39 is 5.97 Å². The van der Waals surface area contributed by atoms with Crippen molar-refractivity contribution in [1.29, 1.82) is 0 Å². The van der Waals surface area contributed by atoms with Crippen molar-refractivity contribution in [3.05, 3.63) is 16.5 Å². The fourth-order valence-electron chi connectivity index (χ4n) is 1.93. The van der Waals surface area contributed by atoms with Crippen LogP contribution in [0.25, 0.3) is 10.8 Å². The molecule has 0 spiro atoms. The zero-order valence-electron chi connectivity index (χ0n) is 9.38. The van der Waals surface area contributed by atoms with Gasteiger partial charge in [0.25, 0.3) is 11.1 Å². The maximum atomic E-state index is 10.4. The Morgan fingerprint density at radius 1 is 1.50 bits per heavy atom. The zero-order chi connectivity index (χ0) is 12.5. The first-order chi connectivity index (χ1) is 8.72. The predicted octanol–water partition coefficient (Wildman–Crippen LogP) is 2.46. The highest BCUT2D eigenvalue weighted by Crippen LogP contribution is 2.36. The quantitative estimate of drug-likeness (QED) is 0.868. The third-order valence-corrected chi connectivity index (χ3v) is 4.71. The van der Waals surface area contributed by atoms with Gasteiger partial charge < -0.3 is 9.52 Å². The van der Waals surface area contributed by atoms with Crippen LogP contribution in [-0.2, 0) is 17.6 Å². The van der Waals surface area contributed by atoms with Crippen LogP contribution in [-0.4, -0.2) is 27.0 Å². The number of aliphatic carboxylic acids is 1. The lowest BCUT2D eigenvalue weighted by atomic mass is 10.2. The van der Waals surface area contributed by atoms with E-state index in [9.17, 15) is 4.79 Å². The van der Waals surface area contributed by atoms with E-state index in [1.54, 1.807) is 11.3 Å². The summed E-state index contributed by atoms with van der Waals surface area (Å²) in [5, 5.41) is 16.7. The van der Waals surface area contributed by atoms with Gasteiger partial charge in [0.2, 0.25) is 0 Å². The third-order valence-electron chi connectivity index (χ3n) is 2.68. The standard InChI is InChI=1S/C11H10N2O3S2/c14-9(15)5-17-11-13-12-10(16-11)8-4-6-2-1-3-7(6)18-8/h4H,1-3,5H2,(H,14,15). The van der Waals surface area contributed by atoms with Crippen LogP contribution in [0.2, 0.25) is 0 Å². The molecule has 0 aromatic carbocycles. The van der Waals surface area contributed by atoms with Crippen molar-refractivity contribution >= 4 is 29.1 Å². The molecule has 0 aliphatic heterocycles. The number of rotatable bonds is 4. The van der Waals surface area contributed by atoms with Crippen LogP contribution in [0, 0.1) is 0 Å². The molecule has 7 heteroatoms. The van der Waals surface area contributed by atoms with E-state index in [-0.39, 0.29) is 5.75 Å². The Bertz CT molecular complexity index is 569. The molecule has 0 fully saturated rings. The Hall–Kier alpha value is -1.34. The molecule has 0 atom stereocenters. The minimum absolute atomic E-state index is 0.0669. The van der Waals surface area contributed by atoms with Crippen molar-refractivity contribution in [1.82, 2.24) is 10.2 Å². The fraction of sp³-hybridized carbons (Fsp3) is 0.364. The fourth-order valence-corrected chi connectivity index (χ4v) is 3.58. The van der Waals surface area contributed by atoms with Gasteiger partial charge in [0.1, 0.15) is 5.75 Å². The number of hydrogen-bond donors (Lipinski definition) is 1. The summed E-state index contributed by atoms with van der Waals surface area (Å²) in [6.45, 7) is 0. The van der Waals surface area contributed by atoms with E-state index >= 15 is 0 Å². The number of hydrogen-bond acceptors (Lipinski definition) is 6. The van der Waals surface area contributed by atoms with E-state index in [4.69, 9.17) is 9.52 Å². The number of thioether (sulfide) groups is 1. The number of carboxylic acid groups (broad SMARTS) is 1. The van der Waals surface area contributed by atoms with Crippen LogP contribution < -0.4 is 0 Å². The molecule has 3 rings (SSSR count). The molecule has 94 valence electrons. The molecule has 2 aromatic heterocycles. The maximum Gasteiger partial charge on any atom is 0.314 e. The molecule has 2 aromatic rings. The topological polar surface area (TPSA) is 76.2 Å². The second kappa shape index (κ2) is 4.74. The molecule has 2 heterocycles. The normalized spacial score (nSPS) is 13.8. The van der Waals surface area contributed by atoms with Gasteiger partial charge in [-0.05, 0) is 30.9 Å². The number of aryl methyl sites for hydroxylation is 2. The molecule has 5 nitrogen and oxygen atoms in total. The van der Waals surface area contributed by atoms with Gasteiger partial charge in [0.15, 0.2) is 0 Å². The van der Waals surface area contributed by atoms with E-state index in [0.717, 1.165) is 29.5 Å². The predicted molar refractivity (Wildman–Crippen MR) is 68.0 cm³/mol. The van der Waals surface area contributed by atoms with Gasteiger partial charge >= 0.3 is 5.97 Å². The summed E-state index contributed by atoms with van der Waals surface area (Å²) in [5.74, 6) is -0.472. The summed E-state index contributed by atoms with van der Waals surface area (Å²) < 4.78 is 5.44. The monoisotopic (exact) mass is 282 g/mol. The summed E-state index contributed by atoms with van der Waals surface area (Å²) in [6, 6.07) is 2.10. The van der Waals surface area contributed by atoms with Gasteiger partial charge in [-0.2, -0.15) is 0 Å². The summed E-state index contributed by atoms with van der Waals surface area (Å²) >= 11 is 2.73. The first kappa shape index (κ1) is 11.7. The molecule has 1 aliphatic carbocycles. The molecule has 0 amide bonds. The molecule has 0 bridgehead atoms. The third kappa shape index (κ3) is 2.28. The van der Waals surface area contributed by atoms with Crippen LogP contribution in [0.4, 0.5) is 0 Å². The number of nitrogens with zero attached hydrogens (tertiary/aromatic N) is 2. The second-order valence-corrected chi connectivity index (χ2v) is 6.03. The molecular formula is C11H10N2O3S2. The van der Waals surface area contributed by atoms with Crippen LogP contribution in [0.3, 0.4) is 0 Å². The summed E-state index contributed by atoms with van der Waals surface area (Å²) in [6.07, 6.45) is 3.49. The van der Waals surface area contributed by atoms with E-state index in [1.807, 2.05) is 0 Å². The first-order valence-corrected chi connectivity index (χ1v) is 7.32. The van der Waals surface area contributed by atoms with E-state index in [1.165, 1.54) is 16.9 Å². The molecular weight excluding hydrogens is 272 g/mol. The molecule has 0 saturated carbocycles. The molecule has 18 heavy (non-hydrogen) atoms. The van der Waals surface area contributed by atoms with Crippen molar-refractivity contribution in [2.24, 2.45) is 0 Å². The zero-order valence-corrected chi connectivity index (χ0v) is 11.0. The van der Waals surface area contributed by atoms with Gasteiger partial charge in [-0.1, -0.05) is 11.8 Å². The maximum absolute atomic E-state index is 10.4. The molecule has 0 unspecified atom stereocenters. The van der Waals surface area contributed by atoms with Crippen molar-refractivity contribution < 1.29 is 14.3 Å². The second-order valence-electron chi connectivity index (χ2n) is 3.97. The Labute approximate surface area is 111 Å². The minimum Gasteiger partial charge on any atom is -0.481 e. The van der Waals surface area contributed by atoms with Crippen LogP contribution in [0.15, 0.2) is 15.7 Å². The van der Waals surface area contributed by atoms with Crippen molar-refractivity contribution in [2.75, 3.05) is 5.75 Å². The average molecular weight is 282 g/mol. The average Bonchev–Trinajstić information content (AvgIpc) is 3.00. The van der Waals surface area contributed by atoms with Gasteiger partial charge in [-0.25, -0.2) is 0 Å². The number of fused-ring (bicyclic) bond motifs is 1. The largest absolute Gasteiger partial charge is 0.481 e. The lowest BCUT2D eigenvalue weighted by Gasteiger charge is -1.89. The Balaban J connectivity index is 1.77. The van der Waals surface area contributed by atoms with E-state index in [2.05, 4.69) is 16.3 Å². The molecule has 0 saturated heterocycles. The Kier molecular flexibility index (Phi) is 3.09. The molecule has 0 radical (unpaired) electrons. The van der Waals surface area contributed by atoms with Crippen molar-refractivity contribution in [2.45, 2.75) is 24.5 Å². The van der Waals surface area contributed by atoms with Crippen LogP contribution in [0.1, 0.15) is 16.9 Å². The van der Waals surface area contributed by atoms with Gasteiger partial charge in [-0.3, -0.25) is 4.79 Å². The summed E-state index contributed by atoms with van der Waals surface area (Å²) in [5.41, 5.74) is 1.38. The summed E-state index contributed by atoms with van der Waals surface area (Å²) in [4.78, 5) is 12.8. The first-order valence-electron chi connectivity index (χ1n) is 5.52. The number of carbonyl (C=O) groups is 1. The summed E-state index contributed by atoms with van der Waals surface area (Å²) in [7, 11) is 0. The van der Waals surface area contributed by atoms with Gasteiger partial charge in [0.05, 0.1) is 4.88 Å². The number of aromatic nitrogens is 2. The highest BCUT2D eigenvalue weighted by Gasteiger charge is 2.19. The van der Waals surface area contributed by atoms with Crippen molar-refractivity contribution in [3.8, 4) is 10.8 Å². The van der Waals surface area contributed by atoms with Crippen LogP contribution in [0.5, 0.6) is 0 Å². The Morgan fingerprint density at radius 2 is 2.39 bits per heavy atom. The Morgan fingerprint density at radius 3 is 3.17 bits per heavy atom. The lowest BCUT2D eigenvalue weighted by molar-refractivity contribution is -0.133. The van der Waals surface area contributed by atoms with Crippen LogP contribution >= 0.6 is 23.1 Å². The highest BCUT2D eigenvalue weighted by atomic mass is 32.2. The molecule has 1 N–H and O–H groups in total. The minimum atomic E-state index is -0.894. The van der Waals surface area contributed by atoms with Crippen molar-refractivity contribution in [3.63, 3.8) is 0 Å². The van der Waals surface area contributed by atoms with Gasteiger partial charge in [0, 0.05) is 4.88 Å². The molecule has 1 aliphatic rings. The highest BCUT2D eigenvalue weighted by molar-refractivity contribution is 7.99. The lowest BCUT2D eigenvalue weighted by Crippen LogP contribution is -1.97. The van der Waals surface area contributed by atoms with E-state index in [0.29, 0.717) is 11.1 Å². The number of carboxylic acids is 1. The SMILES string of the molecule is O=C(O)CSc1nnc(-c2cc3c(s2)CCC3)o1.